The van der Waals surface area contributed by atoms with Crippen LogP contribution in [0, 0.1) is 0 Å². The normalized spacial score (nSPS) is 16.5. The number of benzene rings is 1. The lowest BCUT2D eigenvalue weighted by Gasteiger charge is -2.26. The summed E-state index contributed by atoms with van der Waals surface area (Å²) in [6.45, 7) is 0.949. The van der Waals surface area contributed by atoms with E-state index in [1.165, 1.54) is 0 Å². The number of carbonyl (C=O) groups excluding carboxylic acids is 1. The van der Waals surface area contributed by atoms with Crippen LogP contribution in [0.1, 0.15) is 12.8 Å². The lowest BCUT2D eigenvalue weighted by Crippen LogP contribution is -2.35. The number of fused-ring (bicyclic) bond motifs is 1. The van der Waals surface area contributed by atoms with E-state index in [-0.39, 0.29) is 12.6 Å². The van der Waals surface area contributed by atoms with Gasteiger partial charge in [-0.3, -0.25) is 10.0 Å². The first-order valence-electron chi connectivity index (χ1n) is 9.13. The number of hydrogen-bond acceptors (Lipinski definition) is 6. The first-order valence-corrected chi connectivity index (χ1v) is 9.88. The molecular weight excluding hydrogens is 417 g/mol. The highest BCUT2D eigenvalue weighted by Gasteiger charge is 2.27. The maximum atomic E-state index is 11.2. The molecule has 4 rings (SSSR count). The number of nitrogens with zero attached hydrogens (tertiary/aromatic N) is 4. The minimum absolute atomic E-state index is 0.0556. The van der Waals surface area contributed by atoms with Crippen LogP contribution in [0.2, 0.25) is 10.0 Å². The summed E-state index contributed by atoms with van der Waals surface area (Å²) in [6.07, 6.45) is 7.17. The molecule has 1 fully saturated rings. The van der Waals surface area contributed by atoms with E-state index in [0.29, 0.717) is 22.2 Å². The van der Waals surface area contributed by atoms with E-state index in [0.717, 1.165) is 36.3 Å². The molecular formula is C19H19Cl2N5O3. The van der Waals surface area contributed by atoms with Crippen LogP contribution < -0.4 is 10.4 Å². The number of imidazole rings is 1. The molecule has 0 unspecified atom stereocenters. The van der Waals surface area contributed by atoms with Crippen LogP contribution >= 0.6 is 23.2 Å². The van der Waals surface area contributed by atoms with Gasteiger partial charge in [0.2, 0.25) is 0 Å². The Morgan fingerprint density at radius 3 is 3.00 bits per heavy atom. The molecule has 0 spiro atoms. The Hall–Kier alpha value is -2.39. The molecule has 3 aromatic rings. The van der Waals surface area contributed by atoms with Gasteiger partial charge in [0.25, 0.3) is 5.91 Å². The Morgan fingerprint density at radius 2 is 2.24 bits per heavy atom. The summed E-state index contributed by atoms with van der Waals surface area (Å²) in [5.74, 6) is 0.172. The highest BCUT2D eigenvalue weighted by molar-refractivity contribution is 6.45. The topological polar surface area (TPSA) is 92.5 Å². The average molecular weight is 436 g/mol. The van der Waals surface area contributed by atoms with Crippen LogP contribution in [0.5, 0.6) is 0 Å². The predicted octanol–water partition coefficient (Wildman–Crippen LogP) is 3.22. The largest absolute Gasteiger partial charge is 0.369 e. The molecule has 10 heteroatoms. The van der Waals surface area contributed by atoms with Crippen molar-refractivity contribution in [1.82, 2.24) is 20.0 Å². The number of aromatic nitrogens is 3. The van der Waals surface area contributed by atoms with Crippen LogP contribution in [-0.2, 0) is 9.53 Å². The van der Waals surface area contributed by atoms with E-state index < -0.39 is 5.91 Å². The lowest BCUT2D eigenvalue weighted by molar-refractivity contribution is -0.134. The van der Waals surface area contributed by atoms with E-state index in [1.807, 2.05) is 22.9 Å². The molecule has 1 amide bonds. The molecule has 1 aliphatic heterocycles. The Kier molecular flexibility index (Phi) is 5.86. The maximum Gasteiger partial charge on any atom is 0.269 e. The molecule has 1 aromatic carbocycles. The minimum Gasteiger partial charge on any atom is -0.369 e. The van der Waals surface area contributed by atoms with Gasteiger partial charge in [-0.15, -0.1) is 0 Å². The second kappa shape index (κ2) is 8.54. The van der Waals surface area contributed by atoms with Crippen LogP contribution in [0.15, 0.2) is 36.9 Å². The van der Waals surface area contributed by atoms with E-state index >= 15 is 0 Å². The van der Waals surface area contributed by atoms with Gasteiger partial charge in [0.1, 0.15) is 12.4 Å². The van der Waals surface area contributed by atoms with Crippen LogP contribution in [0.3, 0.4) is 0 Å². The lowest BCUT2D eigenvalue weighted by atomic mass is 10.1. The second-order valence-electron chi connectivity index (χ2n) is 6.77. The second-order valence-corrected chi connectivity index (χ2v) is 7.55. The zero-order valence-corrected chi connectivity index (χ0v) is 16.9. The van der Waals surface area contributed by atoms with Crippen LogP contribution in [0.25, 0.3) is 16.6 Å². The quantitative estimate of drug-likeness (QED) is 0.456. The van der Waals surface area contributed by atoms with Crippen LogP contribution in [0.4, 0.5) is 5.82 Å². The summed E-state index contributed by atoms with van der Waals surface area (Å²) in [5, 5.41) is 10.3. The summed E-state index contributed by atoms with van der Waals surface area (Å²) >= 11 is 12.7. The Morgan fingerprint density at radius 1 is 1.38 bits per heavy atom. The van der Waals surface area contributed by atoms with E-state index in [1.54, 1.807) is 24.1 Å². The SMILES string of the molecule is O=C(COC[C@@H]1CCCN1c1cc(-n2ccnc2)c2ccc(Cl)c(Cl)c2n1)NO. The van der Waals surface area contributed by atoms with Gasteiger partial charge in [-0.05, 0) is 25.0 Å². The predicted molar refractivity (Wildman–Crippen MR) is 110 cm³/mol. The van der Waals surface area contributed by atoms with Gasteiger partial charge in [0, 0.05) is 30.4 Å². The highest BCUT2D eigenvalue weighted by atomic mass is 35.5. The zero-order valence-electron chi connectivity index (χ0n) is 15.4. The smallest absolute Gasteiger partial charge is 0.269 e. The van der Waals surface area contributed by atoms with Crippen LogP contribution in [-0.4, -0.2) is 51.4 Å². The molecule has 29 heavy (non-hydrogen) atoms. The highest BCUT2D eigenvalue weighted by Crippen LogP contribution is 2.36. The molecule has 8 nitrogen and oxygen atoms in total. The molecule has 1 aliphatic rings. The number of hydroxylamine groups is 1. The van der Waals surface area contributed by atoms with Crippen molar-refractivity contribution < 1.29 is 14.7 Å². The van der Waals surface area contributed by atoms with Crippen molar-refractivity contribution in [3.05, 3.63) is 47.0 Å². The number of carbonyl (C=O) groups is 1. The van der Waals surface area contributed by atoms with Gasteiger partial charge in [0.15, 0.2) is 0 Å². The standard InChI is InChI=1S/C19H19Cl2N5O3/c20-14-4-3-13-15(25-7-5-22-11-25)8-16(23-19(13)18(14)21)26-6-1-2-12(26)9-29-10-17(27)24-28/h3-5,7-8,11-12,28H,1-2,6,9-10H2,(H,24,27)/t12-/m0/s1. The number of hydrogen-bond donors (Lipinski definition) is 2. The fourth-order valence-corrected chi connectivity index (χ4v) is 3.96. The van der Waals surface area contributed by atoms with Gasteiger partial charge >= 0.3 is 0 Å². The van der Waals surface area contributed by atoms with E-state index in [9.17, 15) is 4.79 Å². The van der Waals surface area contributed by atoms with Crippen molar-refractivity contribution >= 4 is 45.8 Å². The summed E-state index contributed by atoms with van der Waals surface area (Å²) in [7, 11) is 0. The van der Waals surface area contributed by atoms with Crippen molar-refractivity contribution in [2.75, 3.05) is 24.7 Å². The Bertz CT molecular complexity index is 1030. The fourth-order valence-electron chi connectivity index (χ4n) is 3.60. The average Bonchev–Trinajstić information content (AvgIpc) is 3.42. The Labute approximate surface area is 177 Å². The number of rotatable bonds is 6. The van der Waals surface area contributed by atoms with E-state index in [2.05, 4.69) is 9.88 Å². The molecule has 2 aromatic heterocycles. The van der Waals surface area contributed by atoms with Gasteiger partial charge in [-0.25, -0.2) is 15.4 Å². The zero-order chi connectivity index (χ0) is 20.4. The molecule has 0 radical (unpaired) electrons. The van der Waals surface area contributed by atoms with Crippen molar-refractivity contribution in [2.24, 2.45) is 0 Å². The van der Waals surface area contributed by atoms with Gasteiger partial charge in [-0.1, -0.05) is 23.2 Å². The summed E-state index contributed by atoms with van der Waals surface area (Å²) < 4.78 is 7.36. The molecule has 1 saturated heterocycles. The molecule has 152 valence electrons. The fraction of sp³-hybridized carbons (Fsp3) is 0.316. The number of pyridine rings is 1. The summed E-state index contributed by atoms with van der Waals surface area (Å²) in [4.78, 5) is 22.3. The van der Waals surface area contributed by atoms with E-state index in [4.69, 9.17) is 38.1 Å². The summed E-state index contributed by atoms with van der Waals surface area (Å²) in [6, 6.07) is 5.70. The third kappa shape index (κ3) is 4.02. The monoisotopic (exact) mass is 435 g/mol. The van der Waals surface area contributed by atoms with Crippen molar-refractivity contribution in [1.29, 1.82) is 0 Å². The first-order chi connectivity index (χ1) is 14.1. The van der Waals surface area contributed by atoms with Crippen molar-refractivity contribution in [3.63, 3.8) is 0 Å². The first kappa shape index (κ1) is 19.9. The molecule has 0 bridgehead atoms. The number of anilines is 1. The molecule has 0 aliphatic carbocycles. The number of halogens is 2. The molecule has 0 saturated carbocycles. The maximum absolute atomic E-state index is 11.2. The molecule has 3 heterocycles. The van der Waals surface area contributed by atoms with Crippen molar-refractivity contribution in [2.45, 2.75) is 18.9 Å². The molecule has 1 atom stereocenters. The molecule has 2 N–H and O–H groups in total. The third-order valence-corrected chi connectivity index (χ3v) is 5.75. The van der Waals surface area contributed by atoms with Gasteiger partial charge in [0.05, 0.1) is 40.2 Å². The number of ether oxygens (including phenoxy) is 1. The number of amides is 1. The third-order valence-electron chi connectivity index (χ3n) is 4.96. The van der Waals surface area contributed by atoms with Gasteiger partial charge in [-0.2, -0.15) is 0 Å². The Balaban J connectivity index is 1.71. The van der Waals surface area contributed by atoms with Gasteiger partial charge < -0.3 is 14.2 Å². The number of nitrogens with one attached hydrogen (secondary N) is 1. The minimum atomic E-state index is -0.581. The van der Waals surface area contributed by atoms with Crippen molar-refractivity contribution in [3.8, 4) is 5.69 Å². The summed E-state index contributed by atoms with van der Waals surface area (Å²) in [5.41, 5.74) is 3.08.